The van der Waals surface area contributed by atoms with E-state index in [0.717, 1.165) is 24.5 Å². The van der Waals surface area contributed by atoms with Gasteiger partial charge in [-0.05, 0) is 50.6 Å². The van der Waals surface area contributed by atoms with E-state index in [4.69, 9.17) is 9.47 Å². The molecule has 0 aromatic heterocycles. The number of ether oxygens (including phenoxy) is 2. The van der Waals surface area contributed by atoms with Crippen LogP contribution in [0.15, 0.2) is 18.2 Å². The Balaban J connectivity index is 1.55. The fourth-order valence-electron chi connectivity index (χ4n) is 3.02. The van der Waals surface area contributed by atoms with Crippen LogP contribution in [-0.2, 0) is 6.42 Å². The molecule has 2 aliphatic heterocycles. The highest BCUT2D eigenvalue weighted by Gasteiger charge is 2.18. The van der Waals surface area contributed by atoms with E-state index in [1.807, 2.05) is 6.07 Å². The van der Waals surface area contributed by atoms with Crippen LogP contribution in [0.4, 0.5) is 0 Å². The molecule has 2 heterocycles. The minimum Gasteiger partial charge on any atom is -0.486 e. The summed E-state index contributed by atoms with van der Waals surface area (Å²) < 4.78 is 11.2. The van der Waals surface area contributed by atoms with Gasteiger partial charge in [-0.15, -0.1) is 0 Å². The van der Waals surface area contributed by atoms with E-state index in [1.165, 1.54) is 31.5 Å². The van der Waals surface area contributed by atoms with E-state index in [2.05, 4.69) is 29.4 Å². The van der Waals surface area contributed by atoms with Gasteiger partial charge in [0.25, 0.3) is 0 Å². The number of piperidine rings is 1. The topological polar surface area (TPSA) is 33.7 Å². The lowest BCUT2D eigenvalue weighted by Gasteiger charge is -2.32. The Morgan fingerprint density at radius 2 is 2.10 bits per heavy atom. The number of benzene rings is 1. The smallest absolute Gasteiger partial charge is 0.161 e. The van der Waals surface area contributed by atoms with Gasteiger partial charge in [-0.3, -0.25) is 0 Å². The van der Waals surface area contributed by atoms with E-state index < -0.39 is 0 Å². The lowest BCUT2D eigenvalue weighted by molar-refractivity contribution is 0.171. The molecule has 110 valence electrons. The highest BCUT2D eigenvalue weighted by Crippen LogP contribution is 2.30. The van der Waals surface area contributed by atoms with Gasteiger partial charge in [0.2, 0.25) is 0 Å². The summed E-state index contributed by atoms with van der Waals surface area (Å²) in [5.41, 5.74) is 1.33. The van der Waals surface area contributed by atoms with Gasteiger partial charge in [0.15, 0.2) is 11.5 Å². The van der Waals surface area contributed by atoms with Gasteiger partial charge in [0.05, 0.1) is 0 Å². The van der Waals surface area contributed by atoms with Crippen LogP contribution in [0.2, 0.25) is 0 Å². The first kappa shape index (κ1) is 13.7. The SMILES string of the molecule is CNC1CCCN(CCc2ccc3c(c2)OCCO3)C1. The molecule has 0 radical (unpaired) electrons. The molecule has 1 aromatic carbocycles. The van der Waals surface area contributed by atoms with Gasteiger partial charge in [-0.2, -0.15) is 0 Å². The van der Waals surface area contributed by atoms with E-state index in [1.54, 1.807) is 0 Å². The molecule has 0 spiro atoms. The average Bonchev–Trinajstić information content (AvgIpc) is 2.53. The number of likely N-dealkylation sites (N-methyl/N-ethyl adjacent to an activating group) is 1. The van der Waals surface area contributed by atoms with Crippen LogP contribution in [0.5, 0.6) is 11.5 Å². The Hall–Kier alpha value is -1.26. The maximum absolute atomic E-state index is 5.64. The molecular weight excluding hydrogens is 252 g/mol. The molecule has 1 aromatic rings. The molecule has 2 aliphatic rings. The van der Waals surface area contributed by atoms with Crippen LogP contribution >= 0.6 is 0 Å². The minimum absolute atomic E-state index is 0.656. The van der Waals surface area contributed by atoms with E-state index in [0.29, 0.717) is 19.3 Å². The Kier molecular flexibility index (Phi) is 4.43. The first-order valence-electron chi connectivity index (χ1n) is 7.63. The molecule has 1 saturated heterocycles. The van der Waals surface area contributed by atoms with Gasteiger partial charge in [0.1, 0.15) is 13.2 Å². The lowest BCUT2D eigenvalue weighted by atomic mass is 10.0. The third-order valence-electron chi connectivity index (χ3n) is 4.24. The van der Waals surface area contributed by atoms with Crippen LogP contribution in [0.3, 0.4) is 0 Å². The first-order valence-corrected chi connectivity index (χ1v) is 7.63. The quantitative estimate of drug-likeness (QED) is 0.907. The Labute approximate surface area is 121 Å². The van der Waals surface area contributed by atoms with Crippen LogP contribution in [0.25, 0.3) is 0 Å². The standard InChI is InChI=1S/C16H24N2O2/c1-17-14-3-2-7-18(12-14)8-6-13-4-5-15-16(11-13)20-10-9-19-15/h4-5,11,14,17H,2-3,6-10,12H2,1H3. The van der Waals surface area contributed by atoms with Crippen molar-refractivity contribution in [3.63, 3.8) is 0 Å². The van der Waals surface area contributed by atoms with E-state index in [-0.39, 0.29) is 0 Å². The van der Waals surface area contributed by atoms with Gasteiger partial charge in [0, 0.05) is 19.1 Å². The number of rotatable bonds is 4. The number of nitrogens with zero attached hydrogens (tertiary/aromatic N) is 1. The largest absolute Gasteiger partial charge is 0.486 e. The number of hydrogen-bond donors (Lipinski definition) is 1. The minimum atomic E-state index is 0.656. The van der Waals surface area contributed by atoms with Crippen LogP contribution in [0.1, 0.15) is 18.4 Å². The third-order valence-corrected chi connectivity index (χ3v) is 4.24. The van der Waals surface area contributed by atoms with Crippen molar-refractivity contribution in [2.75, 3.05) is 39.9 Å². The van der Waals surface area contributed by atoms with Crippen molar-refractivity contribution in [1.82, 2.24) is 10.2 Å². The molecule has 1 atom stereocenters. The van der Waals surface area contributed by atoms with Crippen molar-refractivity contribution in [2.24, 2.45) is 0 Å². The molecule has 0 amide bonds. The van der Waals surface area contributed by atoms with Crippen molar-refractivity contribution in [2.45, 2.75) is 25.3 Å². The zero-order valence-electron chi connectivity index (χ0n) is 12.2. The summed E-state index contributed by atoms with van der Waals surface area (Å²) in [5, 5.41) is 3.39. The summed E-state index contributed by atoms with van der Waals surface area (Å²) in [6.45, 7) is 4.83. The maximum Gasteiger partial charge on any atom is 0.161 e. The average molecular weight is 276 g/mol. The number of hydrogen-bond acceptors (Lipinski definition) is 4. The molecule has 4 nitrogen and oxygen atoms in total. The second-order valence-corrected chi connectivity index (χ2v) is 5.66. The third kappa shape index (κ3) is 3.25. The summed E-state index contributed by atoms with van der Waals surface area (Å²) in [5.74, 6) is 1.79. The van der Waals surface area contributed by atoms with Crippen LogP contribution < -0.4 is 14.8 Å². The molecule has 20 heavy (non-hydrogen) atoms. The summed E-state index contributed by atoms with van der Waals surface area (Å²) in [6, 6.07) is 6.99. The summed E-state index contributed by atoms with van der Waals surface area (Å²) in [4.78, 5) is 2.56. The fourth-order valence-corrected chi connectivity index (χ4v) is 3.02. The first-order chi connectivity index (χ1) is 9.85. The molecule has 1 N–H and O–H groups in total. The highest BCUT2D eigenvalue weighted by molar-refractivity contribution is 5.43. The van der Waals surface area contributed by atoms with Crippen molar-refractivity contribution >= 4 is 0 Å². The predicted octanol–water partition coefficient (Wildman–Crippen LogP) is 1.68. The van der Waals surface area contributed by atoms with Crippen molar-refractivity contribution in [3.8, 4) is 11.5 Å². The van der Waals surface area contributed by atoms with Crippen molar-refractivity contribution in [1.29, 1.82) is 0 Å². The monoisotopic (exact) mass is 276 g/mol. The lowest BCUT2D eigenvalue weighted by Crippen LogP contribution is -2.44. The fraction of sp³-hybridized carbons (Fsp3) is 0.625. The van der Waals surface area contributed by atoms with Crippen LogP contribution in [0, 0.1) is 0 Å². The summed E-state index contributed by atoms with van der Waals surface area (Å²) in [6.07, 6.45) is 3.68. The highest BCUT2D eigenvalue weighted by atomic mass is 16.6. The normalized spacial score (nSPS) is 22.8. The van der Waals surface area contributed by atoms with Gasteiger partial charge >= 0.3 is 0 Å². The maximum atomic E-state index is 5.64. The van der Waals surface area contributed by atoms with Crippen molar-refractivity contribution in [3.05, 3.63) is 23.8 Å². The second kappa shape index (κ2) is 6.46. The molecule has 4 heteroatoms. The molecular formula is C16H24N2O2. The molecule has 1 fully saturated rings. The van der Waals surface area contributed by atoms with E-state index >= 15 is 0 Å². The number of nitrogens with one attached hydrogen (secondary N) is 1. The summed E-state index contributed by atoms with van der Waals surface area (Å²) >= 11 is 0. The molecule has 0 saturated carbocycles. The van der Waals surface area contributed by atoms with Gasteiger partial charge < -0.3 is 19.7 Å². The predicted molar refractivity (Wildman–Crippen MR) is 79.7 cm³/mol. The van der Waals surface area contributed by atoms with Gasteiger partial charge in [-0.1, -0.05) is 6.07 Å². The Bertz CT molecular complexity index is 450. The van der Waals surface area contributed by atoms with E-state index in [9.17, 15) is 0 Å². The zero-order valence-corrected chi connectivity index (χ0v) is 12.2. The molecule has 1 unspecified atom stereocenters. The molecule has 3 rings (SSSR count). The zero-order chi connectivity index (χ0) is 13.8. The van der Waals surface area contributed by atoms with Gasteiger partial charge in [-0.25, -0.2) is 0 Å². The molecule has 0 aliphatic carbocycles. The summed E-state index contributed by atoms with van der Waals surface area (Å²) in [7, 11) is 2.06. The van der Waals surface area contributed by atoms with Crippen molar-refractivity contribution < 1.29 is 9.47 Å². The molecule has 0 bridgehead atoms. The number of likely N-dealkylation sites (tertiary alicyclic amines) is 1. The Morgan fingerprint density at radius 3 is 2.95 bits per heavy atom. The second-order valence-electron chi connectivity index (χ2n) is 5.66. The Morgan fingerprint density at radius 1 is 1.25 bits per heavy atom. The van der Waals surface area contributed by atoms with Crippen LogP contribution in [-0.4, -0.2) is 50.8 Å². The number of fused-ring (bicyclic) bond motifs is 1.